The third-order valence-corrected chi connectivity index (χ3v) is 4.40. The SMILES string of the molecule is CCCCCCCCn1nnc(-c2ccc(C)cc2)c1/C=C/C(=O)OC. The van der Waals surface area contributed by atoms with Crippen LogP contribution >= 0.6 is 0 Å². The molecule has 2 rings (SSSR count). The quantitative estimate of drug-likeness (QED) is 0.349. The molecule has 0 fully saturated rings. The van der Waals surface area contributed by atoms with E-state index < -0.39 is 0 Å². The molecule has 1 aromatic heterocycles. The maximum Gasteiger partial charge on any atom is 0.330 e. The van der Waals surface area contributed by atoms with Crippen LogP contribution in [0.5, 0.6) is 0 Å². The molecule has 0 aliphatic carbocycles. The Morgan fingerprint density at radius 2 is 1.81 bits per heavy atom. The van der Waals surface area contributed by atoms with Crippen molar-refractivity contribution in [3.63, 3.8) is 0 Å². The summed E-state index contributed by atoms with van der Waals surface area (Å²) in [6.07, 6.45) is 10.5. The molecule has 0 aliphatic rings. The normalized spacial score (nSPS) is 11.2. The van der Waals surface area contributed by atoms with Gasteiger partial charge in [-0.3, -0.25) is 0 Å². The van der Waals surface area contributed by atoms with E-state index in [0.29, 0.717) is 0 Å². The van der Waals surface area contributed by atoms with E-state index >= 15 is 0 Å². The van der Waals surface area contributed by atoms with E-state index in [1.165, 1.54) is 50.9 Å². The molecule has 0 saturated heterocycles. The van der Waals surface area contributed by atoms with Crippen molar-refractivity contribution < 1.29 is 9.53 Å². The average molecular weight is 355 g/mol. The predicted octanol–water partition coefficient (Wildman–Crippen LogP) is 4.80. The highest BCUT2D eigenvalue weighted by atomic mass is 16.5. The standard InChI is InChI=1S/C21H29N3O2/c1-4-5-6-7-8-9-16-24-19(14-15-20(25)26-3)21(22-23-24)18-12-10-17(2)11-13-18/h10-15H,4-9,16H2,1-3H3/b15-14+. The third-order valence-electron chi connectivity index (χ3n) is 4.40. The molecule has 0 unspecified atom stereocenters. The van der Waals surface area contributed by atoms with Gasteiger partial charge in [-0.1, -0.05) is 74.1 Å². The van der Waals surface area contributed by atoms with Gasteiger partial charge >= 0.3 is 5.97 Å². The first-order valence-electron chi connectivity index (χ1n) is 9.42. The number of aryl methyl sites for hydroxylation is 2. The molecule has 0 aliphatic heterocycles. The van der Waals surface area contributed by atoms with Gasteiger partial charge in [0.15, 0.2) is 0 Å². The van der Waals surface area contributed by atoms with Gasteiger partial charge in [0.05, 0.1) is 12.8 Å². The molecule has 0 saturated carbocycles. The molecular formula is C21H29N3O2. The zero-order valence-electron chi connectivity index (χ0n) is 16.1. The number of rotatable bonds is 10. The van der Waals surface area contributed by atoms with Crippen LogP contribution < -0.4 is 0 Å². The Labute approximate surface area is 156 Å². The first kappa shape index (κ1) is 19.9. The summed E-state index contributed by atoms with van der Waals surface area (Å²) in [5, 5.41) is 8.67. The zero-order valence-corrected chi connectivity index (χ0v) is 16.1. The van der Waals surface area contributed by atoms with Gasteiger partial charge < -0.3 is 4.74 Å². The zero-order chi connectivity index (χ0) is 18.8. The van der Waals surface area contributed by atoms with Crippen LogP contribution in [0.4, 0.5) is 0 Å². The Hall–Kier alpha value is -2.43. The summed E-state index contributed by atoms with van der Waals surface area (Å²) in [6, 6.07) is 8.17. The fourth-order valence-corrected chi connectivity index (χ4v) is 2.82. The fourth-order valence-electron chi connectivity index (χ4n) is 2.82. The monoisotopic (exact) mass is 355 g/mol. The third kappa shape index (κ3) is 5.83. The molecule has 5 heteroatoms. The van der Waals surface area contributed by atoms with E-state index in [1.54, 1.807) is 6.08 Å². The topological polar surface area (TPSA) is 57.0 Å². The van der Waals surface area contributed by atoms with Crippen LogP contribution in [0.3, 0.4) is 0 Å². The van der Waals surface area contributed by atoms with Crippen LogP contribution in [0.1, 0.15) is 56.7 Å². The molecule has 0 bridgehead atoms. The summed E-state index contributed by atoms with van der Waals surface area (Å²) in [5.41, 5.74) is 3.82. The van der Waals surface area contributed by atoms with Crippen LogP contribution in [-0.2, 0) is 16.1 Å². The van der Waals surface area contributed by atoms with Crippen LogP contribution in [0.2, 0.25) is 0 Å². The van der Waals surface area contributed by atoms with Crippen LogP contribution in [0, 0.1) is 6.92 Å². The number of esters is 1. The Kier molecular flexibility index (Phi) is 8.06. The lowest BCUT2D eigenvalue weighted by atomic mass is 10.1. The largest absolute Gasteiger partial charge is 0.466 e. The molecule has 1 aromatic carbocycles. The molecule has 1 heterocycles. The highest BCUT2D eigenvalue weighted by molar-refractivity contribution is 5.88. The van der Waals surface area contributed by atoms with E-state index in [2.05, 4.69) is 36.3 Å². The van der Waals surface area contributed by atoms with Gasteiger partial charge in [0.1, 0.15) is 5.69 Å². The highest BCUT2D eigenvalue weighted by Gasteiger charge is 2.13. The number of methoxy groups -OCH3 is 1. The van der Waals surface area contributed by atoms with Gasteiger partial charge in [-0.15, -0.1) is 5.10 Å². The maximum absolute atomic E-state index is 11.5. The van der Waals surface area contributed by atoms with Gasteiger partial charge in [0.25, 0.3) is 0 Å². The predicted molar refractivity (Wildman–Crippen MR) is 105 cm³/mol. The first-order chi connectivity index (χ1) is 12.7. The van der Waals surface area contributed by atoms with Gasteiger partial charge in [0, 0.05) is 18.2 Å². The molecule has 26 heavy (non-hydrogen) atoms. The Morgan fingerprint density at radius 1 is 1.12 bits per heavy atom. The fraction of sp³-hybridized carbons (Fsp3) is 0.476. The second-order valence-corrected chi connectivity index (χ2v) is 6.54. The lowest BCUT2D eigenvalue weighted by Gasteiger charge is -2.05. The van der Waals surface area contributed by atoms with E-state index in [-0.39, 0.29) is 5.97 Å². The minimum absolute atomic E-state index is 0.382. The van der Waals surface area contributed by atoms with E-state index in [9.17, 15) is 4.79 Å². The van der Waals surface area contributed by atoms with Crippen molar-refractivity contribution >= 4 is 12.0 Å². The van der Waals surface area contributed by atoms with Gasteiger partial charge in [-0.25, -0.2) is 9.48 Å². The van der Waals surface area contributed by atoms with E-state index in [4.69, 9.17) is 4.74 Å². The van der Waals surface area contributed by atoms with Gasteiger partial charge in [-0.2, -0.15) is 0 Å². The summed E-state index contributed by atoms with van der Waals surface area (Å²) in [5.74, 6) is -0.382. The van der Waals surface area contributed by atoms with Crippen molar-refractivity contribution in [1.29, 1.82) is 0 Å². The number of hydrogen-bond acceptors (Lipinski definition) is 4. The van der Waals surface area contributed by atoms with Crippen molar-refractivity contribution in [2.45, 2.75) is 58.9 Å². The minimum Gasteiger partial charge on any atom is -0.466 e. The minimum atomic E-state index is -0.382. The number of ether oxygens (including phenoxy) is 1. The number of nitrogens with zero attached hydrogens (tertiary/aromatic N) is 3. The number of carbonyl (C=O) groups excluding carboxylic acids is 1. The average Bonchev–Trinajstić information content (AvgIpc) is 3.06. The lowest BCUT2D eigenvalue weighted by Crippen LogP contribution is -2.04. The Bertz CT molecular complexity index is 717. The smallest absolute Gasteiger partial charge is 0.330 e. The number of aromatic nitrogens is 3. The van der Waals surface area contributed by atoms with Crippen LogP contribution in [0.15, 0.2) is 30.3 Å². The second kappa shape index (κ2) is 10.5. The highest BCUT2D eigenvalue weighted by Crippen LogP contribution is 2.23. The molecule has 5 nitrogen and oxygen atoms in total. The molecule has 0 N–H and O–H groups in total. The molecule has 0 radical (unpaired) electrons. The first-order valence-corrected chi connectivity index (χ1v) is 9.42. The van der Waals surface area contributed by atoms with Crippen molar-refractivity contribution in [2.75, 3.05) is 7.11 Å². The summed E-state index contributed by atoms with van der Waals surface area (Å²) in [4.78, 5) is 11.5. The molecule has 140 valence electrons. The molecule has 0 atom stereocenters. The number of hydrogen-bond donors (Lipinski definition) is 0. The summed E-state index contributed by atoms with van der Waals surface area (Å²) < 4.78 is 6.59. The number of carbonyl (C=O) groups is 1. The number of unbranched alkanes of at least 4 members (excludes halogenated alkanes) is 5. The summed E-state index contributed by atoms with van der Waals surface area (Å²) >= 11 is 0. The Morgan fingerprint density at radius 3 is 2.50 bits per heavy atom. The van der Waals surface area contributed by atoms with Crippen molar-refractivity contribution in [3.8, 4) is 11.3 Å². The number of benzene rings is 1. The summed E-state index contributed by atoms with van der Waals surface area (Å²) in [7, 11) is 1.37. The molecule has 0 spiro atoms. The molecular weight excluding hydrogens is 326 g/mol. The van der Waals surface area contributed by atoms with Gasteiger partial charge in [-0.05, 0) is 19.4 Å². The van der Waals surface area contributed by atoms with Crippen molar-refractivity contribution in [3.05, 3.63) is 41.6 Å². The second-order valence-electron chi connectivity index (χ2n) is 6.54. The summed E-state index contributed by atoms with van der Waals surface area (Å²) in [6.45, 7) is 5.07. The maximum atomic E-state index is 11.5. The lowest BCUT2D eigenvalue weighted by molar-refractivity contribution is -0.134. The van der Waals surface area contributed by atoms with E-state index in [0.717, 1.165) is 29.9 Å². The van der Waals surface area contributed by atoms with E-state index in [1.807, 2.05) is 16.8 Å². The Balaban J connectivity index is 2.15. The van der Waals surface area contributed by atoms with Crippen LogP contribution in [0.25, 0.3) is 17.3 Å². The van der Waals surface area contributed by atoms with Crippen LogP contribution in [-0.4, -0.2) is 28.1 Å². The van der Waals surface area contributed by atoms with Crippen molar-refractivity contribution in [2.24, 2.45) is 0 Å². The van der Waals surface area contributed by atoms with Gasteiger partial charge in [0.2, 0.25) is 0 Å². The van der Waals surface area contributed by atoms with Crippen molar-refractivity contribution in [1.82, 2.24) is 15.0 Å². The molecule has 0 amide bonds. The molecule has 2 aromatic rings.